The van der Waals surface area contributed by atoms with Gasteiger partial charge in [-0.05, 0) is 56.0 Å². The number of aliphatic hydroxyl groups is 1. The Morgan fingerprint density at radius 1 is 1.10 bits per heavy atom. The van der Waals surface area contributed by atoms with Crippen molar-refractivity contribution in [2.75, 3.05) is 29.9 Å². The third-order valence-corrected chi connectivity index (χ3v) is 12.4. The predicted octanol–water partition coefficient (Wildman–Crippen LogP) is 4.27. The lowest BCUT2D eigenvalue weighted by Gasteiger charge is -2.38. The van der Waals surface area contributed by atoms with E-state index in [1.165, 1.54) is 0 Å². The Morgan fingerprint density at radius 2 is 1.76 bits per heavy atom. The van der Waals surface area contributed by atoms with E-state index < -0.39 is 28.7 Å². The highest BCUT2D eigenvalue weighted by Crippen LogP contribution is 2.68. The van der Waals surface area contributed by atoms with Crippen LogP contribution in [-0.4, -0.2) is 74.3 Å². The van der Waals surface area contributed by atoms with Crippen LogP contribution in [0.25, 0.3) is 0 Å². The first-order valence-corrected chi connectivity index (χ1v) is 16.7. The molecule has 2 aromatic rings. The summed E-state index contributed by atoms with van der Waals surface area (Å²) in [6.45, 7) is 9.98. The van der Waals surface area contributed by atoms with Gasteiger partial charge in [-0.2, -0.15) is 0 Å². The Bertz CT molecular complexity index is 1290. The largest absolute Gasteiger partial charge is 0.394 e. The van der Waals surface area contributed by atoms with Gasteiger partial charge in [0.15, 0.2) is 0 Å². The van der Waals surface area contributed by atoms with E-state index in [4.69, 9.17) is 0 Å². The molecule has 42 heavy (non-hydrogen) atoms. The van der Waals surface area contributed by atoms with Crippen LogP contribution >= 0.6 is 27.7 Å². The number of nitrogens with zero attached hydrogens (tertiary/aromatic N) is 2. The summed E-state index contributed by atoms with van der Waals surface area (Å²) in [6, 6.07) is 16.1. The number of likely N-dealkylation sites (tertiary alicyclic amines) is 1. The molecule has 3 N–H and O–H groups in total. The molecule has 3 fully saturated rings. The number of amides is 3. The van der Waals surface area contributed by atoms with Gasteiger partial charge in [0.05, 0.1) is 29.2 Å². The zero-order valence-electron chi connectivity index (χ0n) is 24.6. The van der Waals surface area contributed by atoms with E-state index in [1.807, 2.05) is 68.4 Å². The molecule has 8 nitrogen and oxygen atoms in total. The molecule has 2 aromatic carbocycles. The Kier molecular flexibility index (Phi) is 9.25. The fourth-order valence-corrected chi connectivity index (χ4v) is 10.7. The number of aliphatic hydroxyl groups excluding tert-OH is 1. The average molecular weight is 658 g/mol. The highest BCUT2D eigenvalue weighted by atomic mass is 79.9. The number of fused-ring (bicyclic) bond motifs is 1. The standard InChI is InChI=1S/C32H41BrN4O4S/c1-5-36(6-2)22-14-12-21(13-15-22)35-30(40)28-32-16-23(33)27(42-32)25(29(39)34-17-20-10-8-7-9-11-20)26(32)31(41)37(28)24(18-38)19(3)4/h7-15,19,23-28,38H,5-6,16-18H2,1-4H3,(H,34,39)(H,35,40)/t23?,24-,25+,26-,27+,28?,32?/m0/s1. The zero-order valence-corrected chi connectivity index (χ0v) is 27.0. The maximum Gasteiger partial charge on any atom is 0.248 e. The molecule has 10 heteroatoms. The molecule has 2 bridgehead atoms. The lowest BCUT2D eigenvalue weighted by atomic mass is 9.70. The van der Waals surface area contributed by atoms with E-state index >= 15 is 0 Å². The van der Waals surface area contributed by atoms with Gasteiger partial charge < -0.3 is 25.5 Å². The molecule has 3 saturated heterocycles. The molecular weight excluding hydrogens is 616 g/mol. The molecule has 5 rings (SSSR count). The van der Waals surface area contributed by atoms with E-state index in [9.17, 15) is 19.5 Å². The van der Waals surface area contributed by atoms with Crippen LogP contribution in [0.2, 0.25) is 0 Å². The minimum Gasteiger partial charge on any atom is -0.394 e. The van der Waals surface area contributed by atoms with Gasteiger partial charge in [0.25, 0.3) is 0 Å². The topological polar surface area (TPSA) is 102 Å². The molecule has 0 radical (unpaired) electrons. The maximum absolute atomic E-state index is 14.3. The van der Waals surface area contributed by atoms with Crippen molar-refractivity contribution in [3.63, 3.8) is 0 Å². The van der Waals surface area contributed by atoms with Gasteiger partial charge in [0, 0.05) is 41.1 Å². The first kappa shape index (κ1) is 30.9. The van der Waals surface area contributed by atoms with Crippen LogP contribution in [0.3, 0.4) is 0 Å². The summed E-state index contributed by atoms with van der Waals surface area (Å²) in [4.78, 5) is 46.2. The molecular formula is C32H41BrN4O4S. The number of hydrogen-bond acceptors (Lipinski definition) is 6. The molecule has 1 spiro atoms. The van der Waals surface area contributed by atoms with Crippen LogP contribution in [-0.2, 0) is 20.9 Å². The first-order chi connectivity index (χ1) is 20.2. The van der Waals surface area contributed by atoms with Gasteiger partial charge >= 0.3 is 0 Å². The monoisotopic (exact) mass is 656 g/mol. The number of rotatable bonds is 11. The van der Waals surface area contributed by atoms with Crippen LogP contribution in [0.5, 0.6) is 0 Å². The molecule has 3 aliphatic heterocycles. The smallest absolute Gasteiger partial charge is 0.248 e. The Labute approximate surface area is 261 Å². The van der Waals surface area contributed by atoms with E-state index in [0.717, 1.165) is 24.3 Å². The second-order valence-corrected chi connectivity index (χ2v) is 14.5. The van der Waals surface area contributed by atoms with Crippen molar-refractivity contribution < 1.29 is 19.5 Å². The van der Waals surface area contributed by atoms with E-state index in [1.54, 1.807) is 16.7 Å². The average Bonchev–Trinajstić information content (AvgIpc) is 3.57. The minimum absolute atomic E-state index is 0.0192. The third kappa shape index (κ3) is 5.35. The number of halogens is 1. The second-order valence-electron chi connectivity index (χ2n) is 11.8. The molecule has 0 saturated carbocycles. The fourth-order valence-electron chi connectivity index (χ4n) is 7.10. The Hall–Kier alpha value is -2.56. The van der Waals surface area contributed by atoms with Gasteiger partial charge in [-0.25, -0.2) is 0 Å². The molecule has 0 aliphatic carbocycles. The van der Waals surface area contributed by atoms with Gasteiger partial charge in [-0.1, -0.05) is 60.1 Å². The van der Waals surface area contributed by atoms with Gasteiger partial charge in [-0.3, -0.25) is 14.4 Å². The molecule has 226 valence electrons. The van der Waals surface area contributed by atoms with Crippen molar-refractivity contribution in [2.24, 2.45) is 17.8 Å². The minimum atomic E-state index is -0.820. The molecule has 7 atom stereocenters. The SMILES string of the molecule is CCN(CC)c1ccc(NC(=O)C2N([C@@H](CO)C(C)C)C(=O)[C@@H]3[C@@H](C(=O)NCc4ccccc4)[C@@H]4SC23CC4Br)cc1. The van der Waals surface area contributed by atoms with Gasteiger partial charge in [-0.15, -0.1) is 11.8 Å². The quantitative estimate of drug-likeness (QED) is 0.312. The number of thioether (sulfide) groups is 1. The highest BCUT2D eigenvalue weighted by Gasteiger charge is 2.76. The van der Waals surface area contributed by atoms with Crippen LogP contribution in [0.15, 0.2) is 54.6 Å². The molecule has 3 aliphatic rings. The molecule has 3 unspecified atom stereocenters. The van der Waals surface area contributed by atoms with Crippen molar-refractivity contribution in [1.82, 2.24) is 10.2 Å². The predicted molar refractivity (Wildman–Crippen MR) is 172 cm³/mol. The summed E-state index contributed by atoms with van der Waals surface area (Å²) in [7, 11) is 0. The summed E-state index contributed by atoms with van der Waals surface area (Å²) in [5.41, 5.74) is 2.71. The van der Waals surface area contributed by atoms with Crippen molar-refractivity contribution in [3.05, 3.63) is 60.2 Å². The number of alkyl halides is 1. The van der Waals surface area contributed by atoms with Crippen LogP contribution < -0.4 is 15.5 Å². The van der Waals surface area contributed by atoms with E-state index in [-0.39, 0.29) is 40.3 Å². The van der Waals surface area contributed by atoms with Crippen molar-refractivity contribution in [2.45, 2.75) is 67.6 Å². The van der Waals surface area contributed by atoms with Gasteiger partial charge in [0.2, 0.25) is 17.7 Å². The van der Waals surface area contributed by atoms with Crippen molar-refractivity contribution in [1.29, 1.82) is 0 Å². The number of benzene rings is 2. The normalized spacial score (nSPS) is 28.6. The molecule has 3 amide bonds. The van der Waals surface area contributed by atoms with Crippen LogP contribution in [0, 0.1) is 17.8 Å². The van der Waals surface area contributed by atoms with Crippen molar-refractivity contribution >= 4 is 56.8 Å². The van der Waals surface area contributed by atoms with Crippen LogP contribution in [0.1, 0.15) is 39.7 Å². The van der Waals surface area contributed by atoms with E-state index in [0.29, 0.717) is 18.7 Å². The third-order valence-electron chi connectivity index (χ3n) is 9.17. The fraction of sp³-hybridized carbons (Fsp3) is 0.531. The summed E-state index contributed by atoms with van der Waals surface area (Å²) in [5.74, 6) is -1.97. The number of carbonyl (C=O) groups excluding carboxylic acids is 3. The number of carbonyl (C=O) groups is 3. The van der Waals surface area contributed by atoms with Crippen molar-refractivity contribution in [3.8, 4) is 0 Å². The summed E-state index contributed by atoms with van der Waals surface area (Å²) in [6.07, 6.45) is 0.590. The molecule has 0 aromatic heterocycles. The lowest BCUT2D eigenvalue weighted by Crippen LogP contribution is -2.56. The summed E-state index contributed by atoms with van der Waals surface area (Å²) < 4.78 is -0.780. The van der Waals surface area contributed by atoms with E-state index in [2.05, 4.69) is 45.3 Å². The highest BCUT2D eigenvalue weighted by molar-refractivity contribution is 9.09. The maximum atomic E-state index is 14.3. The Balaban J connectivity index is 1.46. The number of nitrogens with one attached hydrogen (secondary N) is 2. The first-order valence-electron chi connectivity index (χ1n) is 14.9. The lowest BCUT2D eigenvalue weighted by molar-refractivity contribution is -0.142. The Morgan fingerprint density at radius 3 is 2.36 bits per heavy atom. The number of anilines is 2. The summed E-state index contributed by atoms with van der Waals surface area (Å²) in [5, 5.41) is 16.5. The second kappa shape index (κ2) is 12.6. The van der Waals surface area contributed by atoms with Gasteiger partial charge in [0.1, 0.15) is 6.04 Å². The van der Waals surface area contributed by atoms with Crippen LogP contribution in [0.4, 0.5) is 11.4 Å². The summed E-state index contributed by atoms with van der Waals surface area (Å²) >= 11 is 5.42. The zero-order chi connectivity index (χ0) is 30.2. The number of hydrogen-bond donors (Lipinski definition) is 3. The molecule has 3 heterocycles.